The van der Waals surface area contributed by atoms with Crippen LogP contribution in [0.2, 0.25) is 0 Å². The lowest BCUT2D eigenvalue weighted by Crippen LogP contribution is -2.06. The Bertz CT molecular complexity index is 661. The second-order valence-corrected chi connectivity index (χ2v) is 5.10. The number of hydrogen-bond donors (Lipinski definition) is 1. The summed E-state index contributed by atoms with van der Waals surface area (Å²) in [5, 5.41) is 14.0. The molecule has 0 saturated heterocycles. The van der Waals surface area contributed by atoms with E-state index in [0.29, 0.717) is 22.4 Å². The van der Waals surface area contributed by atoms with Crippen molar-refractivity contribution in [3.05, 3.63) is 55.9 Å². The van der Waals surface area contributed by atoms with Crippen molar-refractivity contribution in [2.75, 3.05) is 5.32 Å². The Balaban J connectivity index is 2.21. The van der Waals surface area contributed by atoms with E-state index in [4.69, 9.17) is 0 Å². The molecule has 0 unspecified atom stereocenters. The SMILES string of the molecule is Cc1cccnc1CNc1ncc([N+](=O)[O-])c(C)c1Br. The number of rotatable bonds is 4. The molecule has 0 amide bonds. The number of hydrogen-bond acceptors (Lipinski definition) is 5. The third-order valence-corrected chi connectivity index (χ3v) is 3.95. The highest BCUT2D eigenvalue weighted by Gasteiger charge is 2.17. The van der Waals surface area contributed by atoms with Gasteiger partial charge in [-0.15, -0.1) is 0 Å². The van der Waals surface area contributed by atoms with Gasteiger partial charge in [0, 0.05) is 11.8 Å². The first-order chi connectivity index (χ1) is 9.50. The third kappa shape index (κ3) is 2.93. The van der Waals surface area contributed by atoms with Crippen LogP contribution in [0.4, 0.5) is 11.5 Å². The van der Waals surface area contributed by atoms with Crippen molar-refractivity contribution in [2.24, 2.45) is 0 Å². The molecule has 2 aromatic rings. The summed E-state index contributed by atoms with van der Waals surface area (Å²) in [6, 6.07) is 3.86. The molecule has 7 heteroatoms. The van der Waals surface area contributed by atoms with E-state index in [2.05, 4.69) is 31.2 Å². The fourth-order valence-corrected chi connectivity index (χ4v) is 2.19. The van der Waals surface area contributed by atoms with Gasteiger partial charge in [-0.1, -0.05) is 6.07 Å². The summed E-state index contributed by atoms with van der Waals surface area (Å²) >= 11 is 3.34. The molecule has 0 aromatic carbocycles. The van der Waals surface area contributed by atoms with E-state index in [1.807, 2.05) is 19.1 Å². The lowest BCUT2D eigenvalue weighted by atomic mass is 10.2. The maximum atomic E-state index is 10.8. The van der Waals surface area contributed by atoms with Crippen molar-refractivity contribution in [1.29, 1.82) is 0 Å². The van der Waals surface area contributed by atoms with Gasteiger partial charge in [-0.2, -0.15) is 0 Å². The highest BCUT2D eigenvalue weighted by Crippen LogP contribution is 2.30. The Hall–Kier alpha value is -2.02. The molecule has 20 heavy (non-hydrogen) atoms. The van der Waals surface area contributed by atoms with Gasteiger partial charge in [-0.25, -0.2) is 4.98 Å². The smallest absolute Gasteiger partial charge is 0.291 e. The minimum atomic E-state index is -0.445. The van der Waals surface area contributed by atoms with E-state index in [0.717, 1.165) is 11.3 Å². The topological polar surface area (TPSA) is 81.0 Å². The minimum absolute atomic E-state index is 0.00329. The average molecular weight is 337 g/mol. The average Bonchev–Trinajstić information content (AvgIpc) is 2.41. The first kappa shape index (κ1) is 14.4. The molecule has 6 nitrogen and oxygen atoms in total. The highest BCUT2D eigenvalue weighted by atomic mass is 79.9. The number of pyridine rings is 2. The molecule has 0 aliphatic heterocycles. The monoisotopic (exact) mass is 336 g/mol. The number of anilines is 1. The molecule has 0 radical (unpaired) electrons. The van der Waals surface area contributed by atoms with Gasteiger partial charge in [0.05, 0.1) is 21.6 Å². The van der Waals surface area contributed by atoms with Crippen LogP contribution in [0.25, 0.3) is 0 Å². The zero-order valence-corrected chi connectivity index (χ0v) is 12.6. The predicted octanol–water partition coefficient (Wildman–Crippen LogP) is 3.38. The van der Waals surface area contributed by atoms with E-state index in [9.17, 15) is 10.1 Å². The van der Waals surface area contributed by atoms with Crippen LogP contribution in [-0.2, 0) is 6.54 Å². The molecule has 1 N–H and O–H groups in total. The van der Waals surface area contributed by atoms with Crippen LogP contribution in [0.5, 0.6) is 0 Å². The standard InChI is InChI=1S/C13H13BrN4O2/c1-8-4-3-5-15-10(8)6-16-13-12(14)9(2)11(7-17-13)18(19)20/h3-5,7H,6H2,1-2H3,(H,16,17). The maximum Gasteiger partial charge on any atom is 0.291 e. The summed E-state index contributed by atoms with van der Waals surface area (Å²) in [4.78, 5) is 18.7. The lowest BCUT2D eigenvalue weighted by molar-refractivity contribution is -0.385. The normalized spacial score (nSPS) is 10.3. The Morgan fingerprint density at radius 2 is 2.15 bits per heavy atom. The summed E-state index contributed by atoms with van der Waals surface area (Å²) < 4.78 is 0.597. The molecular formula is C13H13BrN4O2. The Labute approximate surface area is 124 Å². The van der Waals surface area contributed by atoms with Gasteiger partial charge in [0.15, 0.2) is 0 Å². The quantitative estimate of drug-likeness (QED) is 0.683. The summed E-state index contributed by atoms with van der Waals surface area (Å²) in [7, 11) is 0. The molecule has 0 atom stereocenters. The molecule has 0 aliphatic rings. The summed E-state index contributed by atoms with van der Waals surface area (Å²) in [6.07, 6.45) is 2.99. The Morgan fingerprint density at radius 1 is 1.40 bits per heavy atom. The van der Waals surface area contributed by atoms with E-state index < -0.39 is 4.92 Å². The van der Waals surface area contributed by atoms with E-state index in [-0.39, 0.29) is 5.69 Å². The van der Waals surface area contributed by atoms with E-state index in [1.165, 1.54) is 6.20 Å². The van der Waals surface area contributed by atoms with Gasteiger partial charge in [0.1, 0.15) is 12.0 Å². The molecule has 104 valence electrons. The second kappa shape index (κ2) is 5.96. The predicted molar refractivity (Wildman–Crippen MR) is 79.6 cm³/mol. The van der Waals surface area contributed by atoms with Crippen LogP contribution < -0.4 is 5.32 Å². The Kier molecular flexibility index (Phi) is 4.29. The lowest BCUT2D eigenvalue weighted by Gasteiger charge is -2.10. The fraction of sp³-hybridized carbons (Fsp3) is 0.231. The number of nitrogens with zero attached hydrogens (tertiary/aromatic N) is 3. The van der Waals surface area contributed by atoms with Crippen LogP contribution >= 0.6 is 15.9 Å². The zero-order chi connectivity index (χ0) is 14.7. The number of aromatic nitrogens is 2. The van der Waals surface area contributed by atoms with Crippen LogP contribution in [-0.4, -0.2) is 14.9 Å². The first-order valence-corrected chi connectivity index (χ1v) is 6.74. The van der Waals surface area contributed by atoms with Gasteiger partial charge >= 0.3 is 0 Å². The number of aryl methyl sites for hydroxylation is 1. The Morgan fingerprint density at radius 3 is 2.80 bits per heavy atom. The summed E-state index contributed by atoms with van der Waals surface area (Å²) in [5.41, 5.74) is 2.54. The van der Waals surface area contributed by atoms with Crippen molar-refractivity contribution < 1.29 is 4.92 Å². The number of nitrogens with one attached hydrogen (secondary N) is 1. The van der Waals surface area contributed by atoms with Crippen LogP contribution in [0.15, 0.2) is 29.0 Å². The molecule has 2 heterocycles. The number of nitro groups is 1. The minimum Gasteiger partial charge on any atom is -0.363 e. The van der Waals surface area contributed by atoms with Crippen molar-refractivity contribution in [3.8, 4) is 0 Å². The largest absolute Gasteiger partial charge is 0.363 e. The molecule has 2 aromatic heterocycles. The van der Waals surface area contributed by atoms with Gasteiger partial charge < -0.3 is 5.32 Å². The summed E-state index contributed by atoms with van der Waals surface area (Å²) in [6.45, 7) is 4.17. The van der Waals surface area contributed by atoms with E-state index >= 15 is 0 Å². The molecule has 0 bridgehead atoms. The van der Waals surface area contributed by atoms with Crippen LogP contribution in [0.1, 0.15) is 16.8 Å². The van der Waals surface area contributed by atoms with Crippen molar-refractivity contribution in [2.45, 2.75) is 20.4 Å². The first-order valence-electron chi connectivity index (χ1n) is 5.94. The van der Waals surface area contributed by atoms with Gasteiger partial charge in [0.2, 0.25) is 0 Å². The zero-order valence-electron chi connectivity index (χ0n) is 11.1. The third-order valence-electron chi connectivity index (χ3n) is 2.98. The second-order valence-electron chi connectivity index (χ2n) is 4.31. The van der Waals surface area contributed by atoms with Crippen molar-refractivity contribution in [3.63, 3.8) is 0 Å². The van der Waals surface area contributed by atoms with Gasteiger partial charge in [0.25, 0.3) is 5.69 Å². The summed E-state index contributed by atoms with van der Waals surface area (Å²) in [5.74, 6) is 0.568. The molecule has 2 rings (SSSR count). The molecular weight excluding hydrogens is 324 g/mol. The fourth-order valence-electron chi connectivity index (χ4n) is 1.75. The highest BCUT2D eigenvalue weighted by molar-refractivity contribution is 9.10. The van der Waals surface area contributed by atoms with Gasteiger partial charge in [-0.05, 0) is 41.4 Å². The van der Waals surface area contributed by atoms with Crippen LogP contribution in [0, 0.1) is 24.0 Å². The molecule has 0 fully saturated rings. The van der Waals surface area contributed by atoms with E-state index in [1.54, 1.807) is 13.1 Å². The maximum absolute atomic E-state index is 10.8. The van der Waals surface area contributed by atoms with Gasteiger partial charge in [-0.3, -0.25) is 15.1 Å². The molecule has 0 spiro atoms. The number of halogens is 1. The van der Waals surface area contributed by atoms with Crippen molar-refractivity contribution >= 4 is 27.4 Å². The van der Waals surface area contributed by atoms with Crippen molar-refractivity contribution in [1.82, 2.24) is 9.97 Å². The molecule has 0 saturated carbocycles. The molecule has 0 aliphatic carbocycles. The van der Waals surface area contributed by atoms with Crippen LogP contribution in [0.3, 0.4) is 0 Å².